The summed E-state index contributed by atoms with van der Waals surface area (Å²) in [6.07, 6.45) is -3.31. The molecule has 0 heterocycles. The molecular weight excluding hydrogens is 480 g/mol. The highest BCUT2D eigenvalue weighted by Crippen LogP contribution is 2.06. The summed E-state index contributed by atoms with van der Waals surface area (Å²) in [5, 5.41) is 43.2. The Morgan fingerprint density at radius 3 is 1.92 bits per heavy atom. The predicted octanol–water partition coefficient (Wildman–Crippen LogP) is -2.18. The monoisotopic (exact) mass is 510 g/mol. The van der Waals surface area contributed by atoms with Gasteiger partial charge in [0.05, 0.1) is 18.6 Å². The van der Waals surface area contributed by atoms with Crippen molar-refractivity contribution in [2.75, 3.05) is 0 Å². The number of nitrogens with two attached hydrogens (primary N) is 1. The molecule has 0 saturated carbocycles. The highest BCUT2D eigenvalue weighted by atomic mass is 16.4. The van der Waals surface area contributed by atoms with E-state index in [9.17, 15) is 33.9 Å². The number of hydrogen-bond donors (Lipinski definition) is 8. The van der Waals surface area contributed by atoms with Crippen LogP contribution in [0.25, 0.3) is 0 Å². The Kier molecular flexibility index (Phi) is 12.0. The number of rotatable bonds is 15. The summed E-state index contributed by atoms with van der Waals surface area (Å²) in [6, 6.07) is 2.61. The maximum atomic E-state index is 12.8. The minimum absolute atomic E-state index is 0.124. The van der Waals surface area contributed by atoms with Crippen LogP contribution >= 0.6 is 0 Å². The van der Waals surface area contributed by atoms with Crippen LogP contribution in [0.5, 0.6) is 0 Å². The first-order chi connectivity index (χ1) is 16.8. The molecule has 0 spiro atoms. The molecule has 0 aliphatic heterocycles. The van der Waals surface area contributed by atoms with E-state index in [1.807, 2.05) is 5.32 Å². The van der Waals surface area contributed by atoms with Crippen LogP contribution in [0, 0.1) is 0 Å². The number of aliphatic carboxylic acids is 3. The zero-order chi connectivity index (χ0) is 27.4. The average molecular weight is 511 g/mol. The average Bonchev–Trinajstić information content (AvgIpc) is 2.79. The summed E-state index contributed by atoms with van der Waals surface area (Å²) in [5.74, 6) is -7.43. The Morgan fingerprint density at radius 2 is 1.42 bits per heavy atom. The van der Waals surface area contributed by atoms with Crippen LogP contribution in [0.1, 0.15) is 31.7 Å². The van der Waals surface area contributed by atoms with Crippen LogP contribution in [-0.2, 0) is 35.2 Å². The number of carbonyl (C=O) groups excluding carboxylic acids is 3. The lowest BCUT2D eigenvalue weighted by molar-refractivity contribution is -0.148. The molecule has 0 fully saturated rings. The lowest BCUT2D eigenvalue weighted by atomic mass is 10.0. The molecule has 198 valence electrons. The topological polar surface area (TPSA) is 245 Å². The van der Waals surface area contributed by atoms with Gasteiger partial charge in [-0.25, -0.2) is 4.79 Å². The van der Waals surface area contributed by atoms with Gasteiger partial charge in [0.2, 0.25) is 17.7 Å². The van der Waals surface area contributed by atoms with Crippen molar-refractivity contribution >= 4 is 35.6 Å². The lowest BCUT2D eigenvalue weighted by Gasteiger charge is -2.26. The van der Waals surface area contributed by atoms with Gasteiger partial charge in [-0.1, -0.05) is 30.3 Å². The van der Waals surface area contributed by atoms with E-state index in [-0.39, 0.29) is 12.8 Å². The molecule has 0 saturated heterocycles. The molecule has 14 nitrogen and oxygen atoms in total. The van der Waals surface area contributed by atoms with E-state index >= 15 is 0 Å². The summed E-state index contributed by atoms with van der Waals surface area (Å²) < 4.78 is 0. The fourth-order valence-corrected chi connectivity index (χ4v) is 3.07. The van der Waals surface area contributed by atoms with Gasteiger partial charge in [-0.05, 0) is 25.3 Å². The van der Waals surface area contributed by atoms with E-state index in [2.05, 4.69) is 10.6 Å². The fourth-order valence-electron chi connectivity index (χ4n) is 3.07. The number of aliphatic hydroxyl groups excluding tert-OH is 1. The molecule has 1 rings (SSSR count). The molecule has 3 amide bonds. The Balaban J connectivity index is 2.96. The van der Waals surface area contributed by atoms with E-state index < -0.39 is 78.7 Å². The molecule has 0 aliphatic rings. The normalized spacial score (nSPS) is 14.9. The quantitative estimate of drug-likeness (QED) is 0.126. The van der Waals surface area contributed by atoms with Gasteiger partial charge in [0.1, 0.15) is 18.1 Å². The van der Waals surface area contributed by atoms with Crippen LogP contribution in [0.4, 0.5) is 0 Å². The second kappa shape index (κ2) is 14.4. The number of nitrogens with one attached hydrogen (secondary N) is 3. The highest BCUT2D eigenvalue weighted by Gasteiger charge is 2.33. The van der Waals surface area contributed by atoms with Crippen LogP contribution in [0.15, 0.2) is 30.3 Å². The standard InChI is InChI=1S/C22H30N4O10/c1-11(27)18(21(34)25-15(22(35)36)10-17(30)31)26-20(33)14(7-8-16(28)29)24-19(32)13(23)9-12-5-3-2-4-6-12/h2-6,11,13-15,18,27H,7-10,23H2,1H3,(H,24,32)(H,25,34)(H,26,33)(H,28,29)(H,30,31)(H,35,36). The van der Waals surface area contributed by atoms with E-state index in [1.165, 1.54) is 0 Å². The van der Waals surface area contributed by atoms with Crippen molar-refractivity contribution < 1.29 is 49.2 Å². The summed E-state index contributed by atoms with van der Waals surface area (Å²) in [5.41, 5.74) is 6.65. The number of aliphatic hydroxyl groups is 1. The smallest absolute Gasteiger partial charge is 0.326 e. The first kappa shape index (κ1) is 30.0. The molecule has 5 atom stereocenters. The summed E-state index contributed by atoms with van der Waals surface area (Å²) in [6.45, 7) is 1.11. The van der Waals surface area contributed by atoms with Crippen molar-refractivity contribution in [1.29, 1.82) is 0 Å². The van der Waals surface area contributed by atoms with E-state index in [0.29, 0.717) is 0 Å². The Hall–Kier alpha value is -4.04. The molecule has 0 radical (unpaired) electrons. The first-order valence-corrected chi connectivity index (χ1v) is 10.9. The Morgan fingerprint density at radius 1 is 0.833 bits per heavy atom. The van der Waals surface area contributed by atoms with Gasteiger partial charge in [-0.3, -0.25) is 24.0 Å². The van der Waals surface area contributed by atoms with Gasteiger partial charge >= 0.3 is 17.9 Å². The summed E-state index contributed by atoms with van der Waals surface area (Å²) in [4.78, 5) is 71.0. The predicted molar refractivity (Wildman–Crippen MR) is 122 cm³/mol. The Labute approximate surface area is 205 Å². The molecule has 0 aliphatic carbocycles. The van der Waals surface area contributed by atoms with Crippen LogP contribution < -0.4 is 21.7 Å². The van der Waals surface area contributed by atoms with Crippen molar-refractivity contribution in [3.63, 3.8) is 0 Å². The van der Waals surface area contributed by atoms with E-state index in [1.54, 1.807) is 30.3 Å². The van der Waals surface area contributed by atoms with Crippen molar-refractivity contribution in [3.05, 3.63) is 35.9 Å². The molecule has 1 aromatic rings. The van der Waals surface area contributed by atoms with Crippen molar-refractivity contribution in [1.82, 2.24) is 16.0 Å². The first-order valence-electron chi connectivity index (χ1n) is 10.9. The van der Waals surface area contributed by atoms with Crippen molar-refractivity contribution in [3.8, 4) is 0 Å². The molecule has 0 bridgehead atoms. The van der Waals surface area contributed by atoms with Crippen LogP contribution in [-0.4, -0.2) is 86.3 Å². The van der Waals surface area contributed by atoms with Gasteiger partial charge in [0, 0.05) is 6.42 Å². The van der Waals surface area contributed by atoms with Gasteiger partial charge < -0.3 is 42.1 Å². The molecule has 9 N–H and O–H groups in total. The summed E-state index contributed by atoms with van der Waals surface area (Å²) in [7, 11) is 0. The molecule has 0 aromatic heterocycles. The van der Waals surface area contributed by atoms with Crippen LogP contribution in [0.3, 0.4) is 0 Å². The van der Waals surface area contributed by atoms with E-state index in [4.69, 9.17) is 21.1 Å². The zero-order valence-corrected chi connectivity index (χ0v) is 19.4. The second-order valence-electron chi connectivity index (χ2n) is 8.01. The minimum atomic E-state index is -1.84. The second-order valence-corrected chi connectivity index (χ2v) is 8.01. The van der Waals surface area contributed by atoms with Gasteiger partial charge in [-0.15, -0.1) is 0 Å². The van der Waals surface area contributed by atoms with Crippen molar-refractivity contribution in [2.24, 2.45) is 5.73 Å². The number of hydrogen-bond acceptors (Lipinski definition) is 8. The van der Waals surface area contributed by atoms with Gasteiger partial charge in [0.15, 0.2) is 0 Å². The molecule has 36 heavy (non-hydrogen) atoms. The number of benzene rings is 1. The lowest BCUT2D eigenvalue weighted by Crippen LogP contribution is -2.60. The number of carbonyl (C=O) groups is 6. The molecule has 5 unspecified atom stereocenters. The van der Waals surface area contributed by atoms with Gasteiger partial charge in [0.25, 0.3) is 0 Å². The number of amides is 3. The third-order valence-electron chi connectivity index (χ3n) is 4.97. The molecule has 1 aromatic carbocycles. The molecule has 14 heteroatoms. The maximum Gasteiger partial charge on any atom is 0.326 e. The Bertz CT molecular complexity index is 953. The fraction of sp³-hybridized carbons (Fsp3) is 0.455. The zero-order valence-electron chi connectivity index (χ0n) is 19.4. The maximum absolute atomic E-state index is 12.8. The van der Waals surface area contributed by atoms with Crippen molar-refractivity contribution in [2.45, 2.75) is 62.9 Å². The largest absolute Gasteiger partial charge is 0.481 e. The number of carboxylic acids is 3. The third kappa shape index (κ3) is 10.5. The third-order valence-corrected chi connectivity index (χ3v) is 4.97. The van der Waals surface area contributed by atoms with Gasteiger partial charge in [-0.2, -0.15) is 0 Å². The van der Waals surface area contributed by atoms with E-state index in [0.717, 1.165) is 12.5 Å². The number of carboxylic acid groups (broad SMARTS) is 3. The summed E-state index contributed by atoms with van der Waals surface area (Å²) >= 11 is 0. The minimum Gasteiger partial charge on any atom is -0.481 e. The SMILES string of the molecule is CC(O)C(NC(=O)C(CCC(=O)O)NC(=O)C(N)Cc1ccccc1)C(=O)NC(CC(=O)O)C(=O)O. The highest BCUT2D eigenvalue weighted by molar-refractivity contribution is 5.95. The van der Waals surface area contributed by atoms with Crippen LogP contribution in [0.2, 0.25) is 0 Å². The molecular formula is C22H30N4O10.